The molecule has 2 heterocycles. The smallest absolute Gasteiger partial charge is 0.242 e. The Balaban J connectivity index is 1.81. The van der Waals surface area contributed by atoms with Crippen molar-refractivity contribution in [2.24, 2.45) is 0 Å². The van der Waals surface area contributed by atoms with Gasteiger partial charge in [-0.25, -0.2) is 0 Å². The zero-order chi connectivity index (χ0) is 20.5. The number of amides is 1. The van der Waals surface area contributed by atoms with Gasteiger partial charge < -0.3 is 14.8 Å². The highest BCUT2D eigenvalue weighted by molar-refractivity contribution is 5.84. The third kappa shape index (κ3) is 5.52. The molecular weight excluding hydrogens is 368 g/mol. The van der Waals surface area contributed by atoms with Crippen LogP contribution in [0.5, 0.6) is 11.5 Å². The standard InChI is InChI=1S/C22H24N4O3/c1-28-18-3-4-19(20(13-18)29-2)21(25-14-16-5-9-23-10-6-16)22(27)26-15-17-7-11-24-12-8-17/h3-13,21,25H,14-15H2,1-2H3,(H,26,27). The number of hydrogen-bond donors (Lipinski definition) is 2. The van der Waals surface area contributed by atoms with Crippen molar-refractivity contribution in [2.75, 3.05) is 14.2 Å². The third-order valence-corrected chi connectivity index (χ3v) is 4.49. The van der Waals surface area contributed by atoms with Gasteiger partial charge in [0.1, 0.15) is 17.5 Å². The Morgan fingerprint density at radius 2 is 1.52 bits per heavy atom. The predicted molar refractivity (Wildman–Crippen MR) is 109 cm³/mol. The van der Waals surface area contributed by atoms with Gasteiger partial charge in [0.05, 0.1) is 14.2 Å². The summed E-state index contributed by atoms with van der Waals surface area (Å²) in [5.74, 6) is 1.09. The van der Waals surface area contributed by atoms with Crippen LogP contribution in [0.25, 0.3) is 0 Å². The molecule has 0 saturated heterocycles. The van der Waals surface area contributed by atoms with Gasteiger partial charge in [-0.2, -0.15) is 0 Å². The normalized spacial score (nSPS) is 11.5. The van der Waals surface area contributed by atoms with E-state index in [0.717, 1.165) is 16.7 Å². The van der Waals surface area contributed by atoms with Crippen LogP contribution in [0.2, 0.25) is 0 Å². The Hall–Kier alpha value is -3.45. The molecule has 3 rings (SSSR count). The van der Waals surface area contributed by atoms with Gasteiger partial charge in [-0.05, 0) is 47.5 Å². The first kappa shape index (κ1) is 20.3. The number of rotatable bonds is 9. The molecule has 0 aliphatic rings. The van der Waals surface area contributed by atoms with Crippen LogP contribution in [-0.4, -0.2) is 30.1 Å². The van der Waals surface area contributed by atoms with Gasteiger partial charge in [-0.3, -0.25) is 20.1 Å². The van der Waals surface area contributed by atoms with Crippen molar-refractivity contribution >= 4 is 5.91 Å². The molecule has 1 amide bonds. The van der Waals surface area contributed by atoms with Gasteiger partial charge >= 0.3 is 0 Å². The summed E-state index contributed by atoms with van der Waals surface area (Å²) in [6.07, 6.45) is 6.85. The number of carbonyl (C=O) groups is 1. The number of benzene rings is 1. The van der Waals surface area contributed by atoms with Gasteiger partial charge in [-0.15, -0.1) is 0 Å². The summed E-state index contributed by atoms with van der Waals surface area (Å²) < 4.78 is 10.8. The number of nitrogens with one attached hydrogen (secondary N) is 2. The maximum absolute atomic E-state index is 13.1. The van der Waals surface area contributed by atoms with Crippen LogP contribution in [0, 0.1) is 0 Å². The lowest BCUT2D eigenvalue weighted by molar-refractivity contribution is -0.123. The number of methoxy groups -OCH3 is 2. The first-order chi connectivity index (χ1) is 14.2. The van der Waals surface area contributed by atoms with E-state index in [4.69, 9.17) is 9.47 Å². The highest BCUT2D eigenvalue weighted by Gasteiger charge is 2.24. The fourth-order valence-electron chi connectivity index (χ4n) is 2.91. The Morgan fingerprint density at radius 1 is 0.897 bits per heavy atom. The van der Waals surface area contributed by atoms with E-state index in [0.29, 0.717) is 24.6 Å². The monoisotopic (exact) mass is 392 g/mol. The highest BCUT2D eigenvalue weighted by Crippen LogP contribution is 2.30. The minimum atomic E-state index is -0.606. The molecule has 0 spiro atoms. The van der Waals surface area contributed by atoms with Gasteiger partial charge in [-0.1, -0.05) is 0 Å². The number of carbonyl (C=O) groups excluding carboxylic acids is 1. The molecule has 2 N–H and O–H groups in total. The highest BCUT2D eigenvalue weighted by atomic mass is 16.5. The molecule has 0 saturated carbocycles. The summed E-state index contributed by atoms with van der Waals surface area (Å²) in [5.41, 5.74) is 2.73. The molecule has 0 bridgehead atoms. The number of nitrogens with zero attached hydrogens (tertiary/aromatic N) is 2. The molecule has 0 aliphatic carbocycles. The van der Waals surface area contributed by atoms with E-state index < -0.39 is 6.04 Å². The van der Waals surface area contributed by atoms with Crippen molar-refractivity contribution in [3.8, 4) is 11.5 Å². The van der Waals surface area contributed by atoms with Crippen LogP contribution < -0.4 is 20.1 Å². The molecular formula is C22H24N4O3. The maximum atomic E-state index is 13.1. The van der Waals surface area contributed by atoms with Crippen molar-refractivity contribution in [3.63, 3.8) is 0 Å². The minimum absolute atomic E-state index is 0.153. The largest absolute Gasteiger partial charge is 0.497 e. The summed E-state index contributed by atoms with van der Waals surface area (Å²) in [6, 6.07) is 12.4. The van der Waals surface area contributed by atoms with Gasteiger partial charge in [0.15, 0.2) is 0 Å². The van der Waals surface area contributed by atoms with Crippen molar-refractivity contribution < 1.29 is 14.3 Å². The van der Waals surface area contributed by atoms with Crippen LogP contribution >= 0.6 is 0 Å². The Morgan fingerprint density at radius 3 is 2.10 bits per heavy atom. The number of ether oxygens (including phenoxy) is 2. The lowest BCUT2D eigenvalue weighted by Crippen LogP contribution is -2.37. The lowest BCUT2D eigenvalue weighted by Gasteiger charge is -2.21. The summed E-state index contributed by atoms with van der Waals surface area (Å²) in [6.45, 7) is 0.915. The van der Waals surface area contributed by atoms with Crippen LogP contribution in [0.1, 0.15) is 22.7 Å². The van der Waals surface area contributed by atoms with Gasteiger partial charge in [0, 0.05) is 49.5 Å². The fraction of sp³-hybridized carbons (Fsp3) is 0.227. The van der Waals surface area contributed by atoms with E-state index in [1.54, 1.807) is 45.1 Å². The molecule has 1 aromatic carbocycles. The van der Waals surface area contributed by atoms with E-state index in [1.807, 2.05) is 36.4 Å². The molecule has 1 atom stereocenters. The Labute approximate surface area is 170 Å². The first-order valence-corrected chi connectivity index (χ1v) is 9.22. The fourth-order valence-corrected chi connectivity index (χ4v) is 2.91. The molecule has 0 fully saturated rings. The molecule has 0 radical (unpaired) electrons. The average Bonchev–Trinajstić information content (AvgIpc) is 2.79. The molecule has 150 valence electrons. The molecule has 7 heteroatoms. The van der Waals surface area contributed by atoms with Gasteiger partial charge in [0.25, 0.3) is 0 Å². The summed E-state index contributed by atoms with van der Waals surface area (Å²) >= 11 is 0. The van der Waals surface area contributed by atoms with Crippen molar-refractivity contribution in [1.29, 1.82) is 0 Å². The minimum Gasteiger partial charge on any atom is -0.497 e. The van der Waals surface area contributed by atoms with Crippen LogP contribution in [-0.2, 0) is 17.9 Å². The Kier molecular flexibility index (Phi) is 7.13. The quantitative estimate of drug-likeness (QED) is 0.582. The van der Waals surface area contributed by atoms with Crippen LogP contribution in [0.15, 0.2) is 67.3 Å². The van der Waals surface area contributed by atoms with Gasteiger partial charge in [0.2, 0.25) is 5.91 Å². The molecule has 29 heavy (non-hydrogen) atoms. The molecule has 2 aromatic heterocycles. The van der Waals surface area contributed by atoms with E-state index in [2.05, 4.69) is 20.6 Å². The predicted octanol–water partition coefficient (Wildman–Crippen LogP) is 2.64. The number of pyridine rings is 2. The van der Waals surface area contributed by atoms with Crippen LogP contribution in [0.4, 0.5) is 0 Å². The zero-order valence-electron chi connectivity index (χ0n) is 16.5. The van der Waals surface area contributed by atoms with E-state index >= 15 is 0 Å². The average molecular weight is 392 g/mol. The van der Waals surface area contributed by atoms with E-state index in [-0.39, 0.29) is 5.91 Å². The molecule has 1 unspecified atom stereocenters. The second-order valence-electron chi connectivity index (χ2n) is 6.35. The maximum Gasteiger partial charge on any atom is 0.242 e. The van der Waals surface area contributed by atoms with Crippen molar-refractivity contribution in [3.05, 3.63) is 83.9 Å². The first-order valence-electron chi connectivity index (χ1n) is 9.22. The zero-order valence-corrected chi connectivity index (χ0v) is 16.5. The van der Waals surface area contributed by atoms with E-state index in [9.17, 15) is 4.79 Å². The molecule has 3 aromatic rings. The second kappa shape index (κ2) is 10.2. The van der Waals surface area contributed by atoms with Crippen molar-refractivity contribution in [2.45, 2.75) is 19.1 Å². The van der Waals surface area contributed by atoms with Crippen molar-refractivity contribution in [1.82, 2.24) is 20.6 Å². The Bertz CT molecular complexity index is 920. The topological polar surface area (TPSA) is 85.4 Å². The lowest BCUT2D eigenvalue weighted by atomic mass is 10.0. The SMILES string of the molecule is COc1ccc(C(NCc2ccncc2)C(=O)NCc2ccncc2)c(OC)c1. The second-order valence-corrected chi connectivity index (χ2v) is 6.35. The molecule has 0 aliphatic heterocycles. The molecule has 7 nitrogen and oxygen atoms in total. The third-order valence-electron chi connectivity index (χ3n) is 4.49. The number of aromatic nitrogens is 2. The van der Waals surface area contributed by atoms with E-state index in [1.165, 1.54) is 0 Å². The summed E-state index contributed by atoms with van der Waals surface area (Å²) in [7, 11) is 3.17. The summed E-state index contributed by atoms with van der Waals surface area (Å²) in [5, 5.41) is 6.31. The van der Waals surface area contributed by atoms with Crippen LogP contribution in [0.3, 0.4) is 0 Å². The summed E-state index contributed by atoms with van der Waals surface area (Å²) in [4.78, 5) is 21.1. The number of hydrogen-bond acceptors (Lipinski definition) is 6.